The summed E-state index contributed by atoms with van der Waals surface area (Å²) in [7, 11) is 7.18. The van der Waals surface area contributed by atoms with E-state index in [1.54, 1.807) is 31.3 Å². The van der Waals surface area contributed by atoms with E-state index in [0.717, 1.165) is 10.4 Å². The van der Waals surface area contributed by atoms with Crippen molar-refractivity contribution in [1.82, 2.24) is 9.88 Å². The summed E-state index contributed by atoms with van der Waals surface area (Å²) in [6, 6.07) is 10.9. The zero-order valence-electron chi connectivity index (χ0n) is 18.4. The first-order valence-corrected chi connectivity index (χ1v) is 10.5. The van der Waals surface area contributed by atoms with E-state index in [-0.39, 0.29) is 18.3 Å². The maximum absolute atomic E-state index is 13.4. The summed E-state index contributed by atoms with van der Waals surface area (Å²) in [5, 5.41) is 0.605. The second kappa shape index (κ2) is 11.2. The lowest BCUT2D eigenvalue weighted by molar-refractivity contribution is 0.0985. The molecule has 3 rings (SSSR count). The van der Waals surface area contributed by atoms with Gasteiger partial charge in [-0.15, -0.1) is 12.4 Å². The van der Waals surface area contributed by atoms with Crippen molar-refractivity contribution in [1.29, 1.82) is 0 Å². The van der Waals surface area contributed by atoms with Gasteiger partial charge < -0.3 is 19.1 Å². The third-order valence-corrected chi connectivity index (χ3v) is 5.65. The first-order chi connectivity index (χ1) is 14.5. The Labute approximate surface area is 192 Å². The van der Waals surface area contributed by atoms with Gasteiger partial charge in [0.2, 0.25) is 0 Å². The van der Waals surface area contributed by atoms with E-state index < -0.39 is 0 Å². The van der Waals surface area contributed by atoms with Crippen LogP contribution in [0.15, 0.2) is 36.4 Å². The fourth-order valence-electron chi connectivity index (χ4n) is 2.99. The maximum Gasteiger partial charge on any atom is 0.260 e. The predicted molar refractivity (Wildman–Crippen MR) is 128 cm³/mol. The molecule has 0 N–H and O–H groups in total. The van der Waals surface area contributed by atoms with E-state index in [2.05, 4.69) is 0 Å². The van der Waals surface area contributed by atoms with Gasteiger partial charge in [-0.05, 0) is 57.4 Å². The SMILES string of the molecule is CCOc1ccc(C(=O)N(CCN(C)C)c2nc3c(OC)ccc(OC)c3s2)cc1.Cl. The summed E-state index contributed by atoms with van der Waals surface area (Å²) in [6.07, 6.45) is 0. The van der Waals surface area contributed by atoms with Gasteiger partial charge in [-0.2, -0.15) is 0 Å². The Balaban J connectivity index is 0.00000341. The third kappa shape index (κ3) is 5.58. The van der Waals surface area contributed by atoms with Crippen LogP contribution in [-0.4, -0.2) is 63.8 Å². The fraction of sp³-hybridized carbons (Fsp3) is 0.364. The standard InChI is InChI=1S/C22H27N3O4S.ClH/c1-6-29-16-9-7-15(8-10-16)21(26)25(14-13-24(2)3)22-23-19-17(27-4)11-12-18(28-5)20(19)30-22;/h7-12H,6,13-14H2,1-5H3;1H. The fourth-order valence-corrected chi connectivity index (χ4v) is 4.09. The molecule has 0 atom stereocenters. The number of likely N-dealkylation sites (N-methyl/N-ethyl adjacent to an activating group) is 1. The second-order valence-electron chi connectivity index (χ2n) is 6.86. The smallest absolute Gasteiger partial charge is 0.260 e. The molecule has 0 spiro atoms. The van der Waals surface area contributed by atoms with E-state index in [9.17, 15) is 4.79 Å². The van der Waals surface area contributed by atoms with E-state index in [1.807, 2.05) is 50.2 Å². The van der Waals surface area contributed by atoms with Crippen molar-refractivity contribution in [3.8, 4) is 17.2 Å². The molecule has 0 unspecified atom stereocenters. The van der Waals surface area contributed by atoms with Crippen molar-refractivity contribution >= 4 is 45.0 Å². The molecule has 3 aromatic rings. The number of thiazole rings is 1. The Morgan fingerprint density at radius 2 is 1.65 bits per heavy atom. The van der Waals surface area contributed by atoms with Crippen molar-refractivity contribution in [3.63, 3.8) is 0 Å². The summed E-state index contributed by atoms with van der Waals surface area (Å²) in [5.74, 6) is 1.98. The highest BCUT2D eigenvalue weighted by atomic mass is 35.5. The van der Waals surface area contributed by atoms with Crippen LogP contribution in [0.5, 0.6) is 17.2 Å². The quantitative estimate of drug-likeness (QED) is 0.468. The molecule has 0 bridgehead atoms. The molecule has 7 nitrogen and oxygen atoms in total. The molecule has 0 fully saturated rings. The van der Waals surface area contributed by atoms with Gasteiger partial charge in [-0.1, -0.05) is 11.3 Å². The average Bonchev–Trinajstić information content (AvgIpc) is 3.18. The van der Waals surface area contributed by atoms with Gasteiger partial charge in [0, 0.05) is 18.7 Å². The average molecular weight is 466 g/mol. The van der Waals surface area contributed by atoms with Gasteiger partial charge in [0.05, 0.1) is 20.8 Å². The number of nitrogens with zero attached hydrogens (tertiary/aromatic N) is 3. The number of benzene rings is 2. The number of carbonyl (C=O) groups excluding carboxylic acids is 1. The number of hydrogen-bond donors (Lipinski definition) is 0. The molecule has 1 aromatic heterocycles. The predicted octanol–water partition coefficient (Wildman–Crippen LogP) is 4.34. The summed E-state index contributed by atoms with van der Waals surface area (Å²) >= 11 is 1.42. The molecule has 0 saturated heterocycles. The van der Waals surface area contributed by atoms with Crippen molar-refractivity contribution in [3.05, 3.63) is 42.0 Å². The first-order valence-electron chi connectivity index (χ1n) is 9.69. The molecule has 0 saturated carbocycles. The topological polar surface area (TPSA) is 64.1 Å². The van der Waals surface area contributed by atoms with Crippen LogP contribution in [0, 0.1) is 0 Å². The number of anilines is 1. The minimum absolute atomic E-state index is 0. The molecule has 9 heteroatoms. The second-order valence-corrected chi connectivity index (χ2v) is 7.84. The largest absolute Gasteiger partial charge is 0.495 e. The summed E-state index contributed by atoms with van der Waals surface area (Å²) < 4.78 is 17.3. The highest BCUT2D eigenvalue weighted by Crippen LogP contribution is 2.40. The van der Waals surface area contributed by atoms with Crippen LogP contribution in [-0.2, 0) is 0 Å². The number of hydrogen-bond acceptors (Lipinski definition) is 7. The number of halogens is 1. The molecule has 31 heavy (non-hydrogen) atoms. The minimum Gasteiger partial charge on any atom is -0.495 e. The van der Waals surface area contributed by atoms with E-state index in [4.69, 9.17) is 19.2 Å². The van der Waals surface area contributed by atoms with Gasteiger partial charge >= 0.3 is 0 Å². The highest BCUT2D eigenvalue weighted by Gasteiger charge is 2.23. The zero-order chi connectivity index (χ0) is 21.7. The van der Waals surface area contributed by atoms with Crippen molar-refractivity contribution in [2.24, 2.45) is 0 Å². The number of rotatable bonds is 9. The van der Waals surface area contributed by atoms with Crippen LogP contribution in [0.4, 0.5) is 5.13 Å². The molecule has 168 valence electrons. The van der Waals surface area contributed by atoms with Gasteiger partial charge in [-0.3, -0.25) is 9.69 Å². The van der Waals surface area contributed by atoms with E-state index in [1.165, 1.54) is 11.3 Å². The Kier molecular flexibility index (Phi) is 8.91. The zero-order valence-corrected chi connectivity index (χ0v) is 20.0. The minimum atomic E-state index is -0.114. The van der Waals surface area contributed by atoms with Crippen LogP contribution < -0.4 is 19.1 Å². The number of amides is 1. The van der Waals surface area contributed by atoms with Crippen molar-refractivity contribution < 1.29 is 19.0 Å². The molecule has 1 heterocycles. The lowest BCUT2D eigenvalue weighted by Crippen LogP contribution is -2.36. The van der Waals surface area contributed by atoms with Gasteiger partial charge in [0.25, 0.3) is 5.91 Å². The monoisotopic (exact) mass is 465 g/mol. The molecule has 2 aromatic carbocycles. The van der Waals surface area contributed by atoms with Gasteiger partial charge in [0.15, 0.2) is 5.13 Å². The van der Waals surface area contributed by atoms with Crippen LogP contribution in [0.3, 0.4) is 0 Å². The number of carbonyl (C=O) groups is 1. The van der Waals surface area contributed by atoms with Crippen LogP contribution >= 0.6 is 23.7 Å². The molecule has 0 aliphatic carbocycles. The molecule has 0 aliphatic heterocycles. The highest BCUT2D eigenvalue weighted by molar-refractivity contribution is 7.22. The molecule has 1 amide bonds. The molecule has 0 aliphatic rings. The normalized spacial score (nSPS) is 10.6. The molecular formula is C22H28ClN3O4S. The maximum atomic E-state index is 13.4. The van der Waals surface area contributed by atoms with Crippen LogP contribution in [0.1, 0.15) is 17.3 Å². The van der Waals surface area contributed by atoms with Crippen molar-refractivity contribution in [2.75, 3.05) is 52.9 Å². The van der Waals surface area contributed by atoms with Gasteiger partial charge in [-0.25, -0.2) is 4.98 Å². The van der Waals surface area contributed by atoms with Crippen molar-refractivity contribution in [2.45, 2.75) is 6.92 Å². The Hall–Kier alpha value is -2.55. The lowest BCUT2D eigenvalue weighted by Gasteiger charge is -2.22. The Bertz CT molecular complexity index is 967. The van der Waals surface area contributed by atoms with Gasteiger partial charge in [0.1, 0.15) is 27.5 Å². The van der Waals surface area contributed by atoms with Crippen LogP contribution in [0.25, 0.3) is 10.2 Å². The van der Waals surface area contributed by atoms with E-state index in [0.29, 0.717) is 47.4 Å². The first kappa shape index (κ1) is 24.7. The molecular weight excluding hydrogens is 438 g/mol. The number of ether oxygens (including phenoxy) is 3. The Morgan fingerprint density at radius 1 is 1.00 bits per heavy atom. The number of aromatic nitrogens is 1. The van der Waals surface area contributed by atoms with Crippen LogP contribution in [0.2, 0.25) is 0 Å². The third-order valence-electron chi connectivity index (χ3n) is 4.56. The number of fused-ring (bicyclic) bond motifs is 1. The number of methoxy groups -OCH3 is 2. The summed E-state index contributed by atoms with van der Waals surface area (Å²) in [5.41, 5.74) is 1.27. The Morgan fingerprint density at radius 3 is 2.23 bits per heavy atom. The molecule has 0 radical (unpaired) electrons. The lowest BCUT2D eigenvalue weighted by atomic mass is 10.2. The van der Waals surface area contributed by atoms with E-state index >= 15 is 0 Å². The summed E-state index contributed by atoms with van der Waals surface area (Å²) in [4.78, 5) is 21.9. The summed E-state index contributed by atoms with van der Waals surface area (Å²) in [6.45, 7) is 3.71.